The third kappa shape index (κ3) is 20.4. The van der Waals surface area contributed by atoms with Crippen LogP contribution in [0.5, 0.6) is 0 Å². The van der Waals surface area contributed by atoms with Gasteiger partial charge >= 0.3 is 5.97 Å². The Morgan fingerprint density at radius 1 is 0.900 bits per heavy atom. The summed E-state index contributed by atoms with van der Waals surface area (Å²) in [5.74, 6) is 2.16. The zero-order chi connectivity index (χ0) is 22.1. The van der Waals surface area contributed by atoms with E-state index in [1.54, 1.807) is 0 Å². The van der Waals surface area contributed by atoms with Crippen molar-refractivity contribution in [3.63, 3.8) is 0 Å². The molecule has 0 amide bonds. The van der Waals surface area contributed by atoms with Gasteiger partial charge in [-0.2, -0.15) is 0 Å². The van der Waals surface area contributed by atoms with Crippen molar-refractivity contribution in [1.82, 2.24) is 0 Å². The van der Waals surface area contributed by atoms with E-state index in [1.165, 1.54) is 56.9 Å². The Morgan fingerprint density at radius 3 is 1.97 bits per heavy atom. The number of allylic oxidation sites excluding steroid dienone is 2. The van der Waals surface area contributed by atoms with Crippen LogP contribution < -0.4 is 0 Å². The van der Waals surface area contributed by atoms with E-state index in [-0.39, 0.29) is 24.7 Å². The van der Waals surface area contributed by atoms with Crippen LogP contribution in [-0.2, 0) is 9.53 Å². The van der Waals surface area contributed by atoms with Gasteiger partial charge in [-0.1, -0.05) is 84.3 Å². The van der Waals surface area contributed by atoms with Crippen LogP contribution in [0.2, 0.25) is 0 Å². The molecule has 0 radical (unpaired) electrons. The van der Waals surface area contributed by atoms with E-state index >= 15 is 0 Å². The lowest BCUT2D eigenvalue weighted by molar-refractivity contribution is -0.147. The number of esters is 1. The third-order valence-corrected chi connectivity index (χ3v) is 5.63. The van der Waals surface area contributed by atoms with Gasteiger partial charge < -0.3 is 20.4 Å². The molecule has 0 aromatic rings. The summed E-state index contributed by atoms with van der Waals surface area (Å²) in [4.78, 5) is 11.5. The van der Waals surface area contributed by atoms with Gasteiger partial charge in [-0.25, -0.2) is 0 Å². The zero-order valence-electron chi connectivity index (χ0n) is 20.3. The summed E-state index contributed by atoms with van der Waals surface area (Å²) in [5.41, 5.74) is 1.33. The van der Waals surface area contributed by atoms with E-state index < -0.39 is 6.10 Å². The molecule has 0 aromatic carbocycles. The number of carbonyl (C=O) groups is 1. The van der Waals surface area contributed by atoms with Gasteiger partial charge in [-0.15, -0.1) is 0 Å². The maximum atomic E-state index is 11.5. The second-order valence-corrected chi connectivity index (χ2v) is 9.47. The van der Waals surface area contributed by atoms with Gasteiger partial charge in [0.1, 0.15) is 12.7 Å². The zero-order valence-corrected chi connectivity index (χ0v) is 20.3. The van der Waals surface area contributed by atoms with Crippen molar-refractivity contribution in [3.8, 4) is 0 Å². The van der Waals surface area contributed by atoms with Crippen molar-refractivity contribution in [2.45, 2.75) is 111 Å². The minimum absolute atomic E-state index is 0. The van der Waals surface area contributed by atoms with Crippen LogP contribution in [0.3, 0.4) is 0 Å². The van der Waals surface area contributed by atoms with Crippen LogP contribution in [0, 0.1) is 17.8 Å². The Balaban J connectivity index is 0. The summed E-state index contributed by atoms with van der Waals surface area (Å²) >= 11 is 0. The van der Waals surface area contributed by atoms with Crippen molar-refractivity contribution in [2.75, 3.05) is 13.2 Å². The summed E-state index contributed by atoms with van der Waals surface area (Å²) in [6.45, 7) is 11.0. The van der Waals surface area contributed by atoms with Crippen molar-refractivity contribution in [3.05, 3.63) is 11.6 Å². The van der Waals surface area contributed by atoms with Gasteiger partial charge in [0.25, 0.3) is 0 Å². The van der Waals surface area contributed by atoms with E-state index in [0.29, 0.717) is 12.8 Å². The Morgan fingerprint density at radius 2 is 1.43 bits per heavy atom. The SMILES string of the molecule is CC(=CCCC(=O)OCC(O)CO)CCCC(C)CCCC(C)CCCC(C)C.O. The Kier molecular flexibility index (Phi) is 20.9. The molecule has 0 saturated heterocycles. The summed E-state index contributed by atoms with van der Waals surface area (Å²) < 4.78 is 4.90. The molecule has 180 valence electrons. The monoisotopic (exact) mass is 430 g/mol. The lowest BCUT2D eigenvalue weighted by atomic mass is 9.91. The fourth-order valence-corrected chi connectivity index (χ4v) is 3.56. The molecule has 0 heterocycles. The van der Waals surface area contributed by atoms with Crippen LogP contribution >= 0.6 is 0 Å². The molecular weight excluding hydrogens is 380 g/mol. The Labute approximate surface area is 185 Å². The first-order valence-electron chi connectivity index (χ1n) is 11.8. The molecule has 0 aliphatic carbocycles. The van der Waals surface area contributed by atoms with E-state index in [0.717, 1.165) is 24.2 Å². The Hall–Kier alpha value is -0.910. The van der Waals surface area contributed by atoms with E-state index in [4.69, 9.17) is 14.9 Å². The van der Waals surface area contributed by atoms with E-state index in [2.05, 4.69) is 40.7 Å². The second-order valence-electron chi connectivity index (χ2n) is 9.47. The highest BCUT2D eigenvalue weighted by molar-refractivity contribution is 5.69. The maximum absolute atomic E-state index is 11.5. The first-order chi connectivity index (χ1) is 13.7. The molecule has 0 aromatic heterocycles. The Bertz CT molecular complexity index is 433. The van der Waals surface area contributed by atoms with Gasteiger partial charge in [0.2, 0.25) is 0 Å². The molecule has 5 heteroatoms. The highest BCUT2D eigenvalue weighted by Crippen LogP contribution is 2.22. The van der Waals surface area contributed by atoms with Crippen molar-refractivity contribution < 1.29 is 25.2 Å². The molecule has 5 nitrogen and oxygen atoms in total. The highest BCUT2D eigenvalue weighted by Gasteiger charge is 2.08. The van der Waals surface area contributed by atoms with Crippen molar-refractivity contribution in [1.29, 1.82) is 0 Å². The molecule has 0 aliphatic rings. The number of carbonyl (C=O) groups excluding carboxylic acids is 1. The number of ether oxygens (including phenoxy) is 1. The van der Waals surface area contributed by atoms with Gasteiger partial charge in [0, 0.05) is 6.42 Å². The molecule has 3 atom stereocenters. The lowest BCUT2D eigenvalue weighted by Gasteiger charge is -2.15. The molecule has 30 heavy (non-hydrogen) atoms. The molecule has 0 rings (SSSR count). The number of rotatable bonds is 18. The predicted octanol–water partition coefficient (Wildman–Crippen LogP) is 5.22. The molecule has 0 saturated carbocycles. The number of aliphatic hydroxyl groups is 2. The number of hydrogen-bond donors (Lipinski definition) is 2. The van der Waals surface area contributed by atoms with Crippen LogP contribution in [-0.4, -0.2) is 41.0 Å². The normalized spacial score (nSPS) is 14.9. The second kappa shape index (κ2) is 20.0. The summed E-state index contributed by atoms with van der Waals surface area (Å²) in [6.07, 6.45) is 13.9. The molecule has 3 unspecified atom stereocenters. The fraction of sp³-hybridized carbons (Fsp3) is 0.880. The van der Waals surface area contributed by atoms with Crippen LogP contribution in [0.1, 0.15) is 105 Å². The highest BCUT2D eigenvalue weighted by atomic mass is 16.5. The number of aliphatic hydroxyl groups excluding tert-OH is 2. The van der Waals surface area contributed by atoms with Gasteiger partial charge in [-0.3, -0.25) is 4.79 Å². The minimum Gasteiger partial charge on any atom is -0.463 e. The van der Waals surface area contributed by atoms with Gasteiger partial charge in [0.15, 0.2) is 0 Å². The number of hydrogen-bond acceptors (Lipinski definition) is 4. The van der Waals surface area contributed by atoms with Gasteiger partial charge in [-0.05, 0) is 43.9 Å². The maximum Gasteiger partial charge on any atom is 0.306 e. The van der Waals surface area contributed by atoms with Crippen LogP contribution in [0.25, 0.3) is 0 Å². The minimum atomic E-state index is -0.980. The average molecular weight is 431 g/mol. The topological polar surface area (TPSA) is 98.3 Å². The molecular formula is C25H50O5. The first-order valence-corrected chi connectivity index (χ1v) is 11.8. The third-order valence-electron chi connectivity index (χ3n) is 5.63. The quantitative estimate of drug-likeness (QED) is 0.230. The summed E-state index contributed by atoms with van der Waals surface area (Å²) in [7, 11) is 0. The predicted molar refractivity (Wildman–Crippen MR) is 125 cm³/mol. The average Bonchev–Trinajstić information content (AvgIpc) is 2.65. The molecule has 0 aliphatic heterocycles. The summed E-state index contributed by atoms with van der Waals surface area (Å²) in [5, 5.41) is 17.8. The standard InChI is InChI=1S/C25H48O4.H2O/c1-20(2)10-6-11-21(3)12-7-13-22(4)14-8-15-23(5)16-9-17-25(28)29-19-24(27)18-26;/h16,20-22,24,26-27H,6-15,17-19H2,1-5H3;1H2. The largest absolute Gasteiger partial charge is 0.463 e. The molecule has 0 bridgehead atoms. The fourth-order valence-electron chi connectivity index (χ4n) is 3.56. The molecule has 4 N–H and O–H groups in total. The smallest absolute Gasteiger partial charge is 0.306 e. The first kappa shape index (κ1) is 31.3. The van der Waals surface area contributed by atoms with Crippen molar-refractivity contribution >= 4 is 5.97 Å². The van der Waals surface area contributed by atoms with Crippen molar-refractivity contribution in [2.24, 2.45) is 17.8 Å². The van der Waals surface area contributed by atoms with Crippen LogP contribution in [0.4, 0.5) is 0 Å². The van der Waals surface area contributed by atoms with Gasteiger partial charge in [0.05, 0.1) is 6.61 Å². The van der Waals surface area contributed by atoms with E-state index in [1.807, 2.05) is 0 Å². The molecule has 0 fully saturated rings. The summed E-state index contributed by atoms with van der Waals surface area (Å²) in [6, 6.07) is 0. The van der Waals surface area contributed by atoms with E-state index in [9.17, 15) is 4.79 Å². The molecule has 0 spiro atoms. The van der Waals surface area contributed by atoms with Crippen LogP contribution in [0.15, 0.2) is 11.6 Å². The lowest BCUT2D eigenvalue weighted by Crippen LogP contribution is -2.21.